The molecule has 1 fully saturated rings. The molecule has 86 valence electrons. The Morgan fingerprint density at radius 3 is 2.62 bits per heavy atom. The maximum atomic E-state index is 11.5. The fourth-order valence-corrected chi connectivity index (χ4v) is 2.15. The van der Waals surface area contributed by atoms with Crippen molar-refractivity contribution < 1.29 is 9.53 Å². The summed E-state index contributed by atoms with van der Waals surface area (Å²) >= 11 is 0. The van der Waals surface area contributed by atoms with Gasteiger partial charge in [-0.1, -0.05) is 30.3 Å². The average molecular weight is 218 g/mol. The number of hydrogen-bond donors (Lipinski definition) is 0. The van der Waals surface area contributed by atoms with E-state index in [1.54, 1.807) is 0 Å². The Hall–Kier alpha value is -1.31. The molecule has 0 N–H and O–H groups in total. The van der Waals surface area contributed by atoms with Crippen molar-refractivity contribution in [3.63, 3.8) is 0 Å². The Bertz CT molecular complexity index is 341. The number of carbonyl (C=O) groups excluding carboxylic acids is 1. The van der Waals surface area contributed by atoms with Crippen LogP contribution in [0.1, 0.15) is 37.7 Å². The maximum Gasteiger partial charge on any atom is 0.306 e. The number of carbonyl (C=O) groups is 1. The molecule has 0 saturated heterocycles. The number of ether oxygens (including phenoxy) is 1. The molecule has 1 saturated carbocycles. The Morgan fingerprint density at radius 2 is 2.06 bits per heavy atom. The van der Waals surface area contributed by atoms with E-state index in [-0.39, 0.29) is 5.97 Å². The first-order valence-electron chi connectivity index (χ1n) is 6.02. The maximum absolute atomic E-state index is 11.5. The van der Waals surface area contributed by atoms with Gasteiger partial charge in [-0.2, -0.15) is 0 Å². The van der Waals surface area contributed by atoms with Gasteiger partial charge in [0.25, 0.3) is 0 Å². The molecule has 1 aromatic carbocycles. The molecular formula is C14H18O2. The average Bonchev–Trinajstić information content (AvgIpc) is 3.11. The molecule has 2 nitrogen and oxygen atoms in total. The summed E-state index contributed by atoms with van der Waals surface area (Å²) in [6, 6.07) is 10.3. The highest BCUT2D eigenvalue weighted by Gasteiger charge is 2.33. The lowest BCUT2D eigenvalue weighted by Gasteiger charge is -2.15. The van der Waals surface area contributed by atoms with Gasteiger partial charge in [-0.15, -0.1) is 0 Å². The van der Waals surface area contributed by atoms with Crippen LogP contribution in [0, 0.1) is 5.92 Å². The highest BCUT2D eigenvalue weighted by atomic mass is 16.5. The normalized spacial score (nSPS) is 16.8. The molecule has 0 radical (unpaired) electrons. The molecular weight excluding hydrogens is 200 g/mol. The number of benzene rings is 1. The van der Waals surface area contributed by atoms with Gasteiger partial charge in [-0.3, -0.25) is 4.79 Å². The van der Waals surface area contributed by atoms with E-state index in [1.165, 1.54) is 18.4 Å². The number of esters is 1. The van der Waals surface area contributed by atoms with E-state index in [0.717, 1.165) is 0 Å². The lowest BCUT2D eigenvalue weighted by Crippen LogP contribution is -2.11. The zero-order valence-corrected chi connectivity index (χ0v) is 9.69. The molecule has 0 spiro atoms. The highest BCUT2D eigenvalue weighted by Crippen LogP contribution is 2.44. The van der Waals surface area contributed by atoms with Crippen molar-refractivity contribution in [2.24, 2.45) is 5.92 Å². The lowest BCUT2D eigenvalue weighted by atomic mass is 9.91. The second-order valence-electron chi connectivity index (χ2n) is 4.36. The largest absolute Gasteiger partial charge is 0.466 e. The van der Waals surface area contributed by atoms with E-state index < -0.39 is 0 Å². The molecule has 0 amide bonds. The molecule has 1 aliphatic carbocycles. The van der Waals surface area contributed by atoms with Crippen LogP contribution in [0.3, 0.4) is 0 Å². The van der Waals surface area contributed by atoms with Gasteiger partial charge in [0.15, 0.2) is 0 Å². The summed E-state index contributed by atoms with van der Waals surface area (Å²) in [6.07, 6.45) is 3.03. The minimum absolute atomic E-state index is 0.0664. The minimum Gasteiger partial charge on any atom is -0.466 e. The lowest BCUT2D eigenvalue weighted by molar-refractivity contribution is -0.143. The molecule has 16 heavy (non-hydrogen) atoms. The van der Waals surface area contributed by atoms with Crippen molar-refractivity contribution in [1.82, 2.24) is 0 Å². The van der Waals surface area contributed by atoms with Crippen LogP contribution in [0.4, 0.5) is 0 Å². The zero-order valence-electron chi connectivity index (χ0n) is 9.69. The van der Waals surface area contributed by atoms with Gasteiger partial charge in [0.05, 0.1) is 13.0 Å². The summed E-state index contributed by atoms with van der Waals surface area (Å²) in [5, 5.41) is 0. The van der Waals surface area contributed by atoms with Crippen molar-refractivity contribution >= 4 is 5.97 Å². The van der Waals surface area contributed by atoms with Crippen LogP contribution in [0.25, 0.3) is 0 Å². The summed E-state index contributed by atoms with van der Waals surface area (Å²) in [7, 11) is 0. The number of hydrogen-bond acceptors (Lipinski definition) is 2. The predicted molar refractivity (Wildman–Crippen MR) is 63.2 cm³/mol. The standard InChI is InChI=1S/C14H18O2/c1-2-16-14(15)10-13(12-8-9-12)11-6-4-3-5-7-11/h3-7,12-13H,2,8-10H2,1H3/t13-/m1/s1. The summed E-state index contributed by atoms with van der Waals surface area (Å²) in [4.78, 5) is 11.5. The Kier molecular flexibility index (Phi) is 3.60. The van der Waals surface area contributed by atoms with Gasteiger partial charge in [-0.25, -0.2) is 0 Å². The van der Waals surface area contributed by atoms with E-state index in [4.69, 9.17) is 4.74 Å². The Balaban J connectivity index is 2.03. The highest BCUT2D eigenvalue weighted by molar-refractivity contribution is 5.70. The Labute approximate surface area is 96.6 Å². The second-order valence-corrected chi connectivity index (χ2v) is 4.36. The molecule has 0 heterocycles. The van der Waals surface area contributed by atoms with Crippen LogP contribution in [0.2, 0.25) is 0 Å². The molecule has 1 aromatic rings. The first-order valence-corrected chi connectivity index (χ1v) is 6.02. The van der Waals surface area contributed by atoms with E-state index in [0.29, 0.717) is 24.9 Å². The van der Waals surface area contributed by atoms with Crippen molar-refractivity contribution in [1.29, 1.82) is 0 Å². The Morgan fingerprint density at radius 1 is 1.38 bits per heavy atom. The first-order chi connectivity index (χ1) is 7.81. The molecule has 0 aromatic heterocycles. The summed E-state index contributed by atoms with van der Waals surface area (Å²) < 4.78 is 5.03. The van der Waals surface area contributed by atoms with Crippen molar-refractivity contribution in [3.05, 3.63) is 35.9 Å². The van der Waals surface area contributed by atoms with Gasteiger partial charge in [0, 0.05) is 0 Å². The molecule has 2 heteroatoms. The van der Waals surface area contributed by atoms with Crippen LogP contribution in [-0.4, -0.2) is 12.6 Å². The van der Waals surface area contributed by atoms with Crippen LogP contribution in [0.5, 0.6) is 0 Å². The summed E-state index contributed by atoms with van der Waals surface area (Å²) in [5.74, 6) is 0.982. The van der Waals surface area contributed by atoms with E-state index in [1.807, 2.05) is 25.1 Å². The van der Waals surface area contributed by atoms with Gasteiger partial charge in [-0.05, 0) is 37.2 Å². The molecule has 1 atom stereocenters. The molecule has 1 aliphatic rings. The van der Waals surface area contributed by atoms with Crippen LogP contribution < -0.4 is 0 Å². The minimum atomic E-state index is -0.0664. The molecule has 2 rings (SSSR count). The smallest absolute Gasteiger partial charge is 0.306 e. The predicted octanol–water partition coefficient (Wildman–Crippen LogP) is 3.13. The number of rotatable bonds is 5. The van der Waals surface area contributed by atoms with Crippen LogP contribution >= 0.6 is 0 Å². The zero-order chi connectivity index (χ0) is 11.4. The van der Waals surface area contributed by atoms with Crippen molar-refractivity contribution in [2.45, 2.75) is 32.1 Å². The fourth-order valence-electron chi connectivity index (χ4n) is 2.15. The first kappa shape index (κ1) is 11.2. The third-order valence-corrected chi connectivity index (χ3v) is 3.11. The van der Waals surface area contributed by atoms with Crippen molar-refractivity contribution in [3.8, 4) is 0 Å². The van der Waals surface area contributed by atoms with E-state index in [2.05, 4.69) is 12.1 Å². The molecule has 0 unspecified atom stereocenters. The van der Waals surface area contributed by atoms with Gasteiger partial charge in [0.2, 0.25) is 0 Å². The van der Waals surface area contributed by atoms with Crippen LogP contribution in [-0.2, 0) is 9.53 Å². The second kappa shape index (κ2) is 5.15. The third-order valence-electron chi connectivity index (χ3n) is 3.11. The van der Waals surface area contributed by atoms with Crippen molar-refractivity contribution in [2.75, 3.05) is 6.61 Å². The monoisotopic (exact) mass is 218 g/mol. The SMILES string of the molecule is CCOC(=O)C[C@H](c1ccccc1)C1CC1. The van der Waals surface area contributed by atoms with E-state index >= 15 is 0 Å². The topological polar surface area (TPSA) is 26.3 Å². The fraction of sp³-hybridized carbons (Fsp3) is 0.500. The summed E-state index contributed by atoms with van der Waals surface area (Å²) in [5.41, 5.74) is 1.28. The molecule has 0 aliphatic heterocycles. The van der Waals surface area contributed by atoms with Crippen LogP contribution in [0.15, 0.2) is 30.3 Å². The van der Waals surface area contributed by atoms with Gasteiger partial charge >= 0.3 is 5.97 Å². The summed E-state index contributed by atoms with van der Waals surface area (Å²) in [6.45, 7) is 2.33. The molecule has 0 bridgehead atoms. The van der Waals surface area contributed by atoms with Gasteiger partial charge < -0.3 is 4.74 Å². The van der Waals surface area contributed by atoms with Gasteiger partial charge in [0.1, 0.15) is 0 Å². The quantitative estimate of drug-likeness (QED) is 0.710. The third kappa shape index (κ3) is 2.84. The van der Waals surface area contributed by atoms with E-state index in [9.17, 15) is 4.79 Å².